The Morgan fingerprint density at radius 1 is 1.37 bits per heavy atom. The fourth-order valence-electron chi connectivity index (χ4n) is 1.54. The summed E-state index contributed by atoms with van der Waals surface area (Å²) in [6.45, 7) is 1.85. The van der Waals surface area contributed by atoms with E-state index in [9.17, 15) is 9.59 Å². The molecule has 0 aliphatic heterocycles. The summed E-state index contributed by atoms with van der Waals surface area (Å²) in [7, 11) is 2.69. The van der Waals surface area contributed by atoms with Crippen LogP contribution in [0.15, 0.2) is 18.2 Å². The van der Waals surface area contributed by atoms with Crippen molar-refractivity contribution in [1.29, 1.82) is 0 Å². The maximum Gasteiger partial charge on any atom is 0.330 e. The molecule has 0 spiro atoms. The highest BCUT2D eigenvalue weighted by Crippen LogP contribution is 2.12. The second-order valence-electron chi connectivity index (χ2n) is 4.08. The lowest BCUT2D eigenvalue weighted by Crippen LogP contribution is -2.44. The lowest BCUT2D eigenvalue weighted by Gasteiger charge is -2.15. The maximum atomic E-state index is 12.0. The van der Waals surface area contributed by atoms with Gasteiger partial charge in [-0.1, -0.05) is 0 Å². The van der Waals surface area contributed by atoms with Crippen LogP contribution in [0, 0.1) is 6.92 Å². The molecule has 0 saturated carbocycles. The average molecular weight is 266 g/mol. The summed E-state index contributed by atoms with van der Waals surface area (Å²) in [4.78, 5) is 23.5. The van der Waals surface area contributed by atoms with E-state index >= 15 is 0 Å². The van der Waals surface area contributed by atoms with Crippen LogP contribution in [0.1, 0.15) is 15.9 Å². The molecule has 1 aromatic carbocycles. The van der Waals surface area contributed by atoms with Crippen LogP contribution < -0.4 is 11.1 Å². The SMILES string of the molecule is COC[C@H](NC(=O)c1ccc(N)c(C)c1)C(=O)OC. The Labute approximate surface area is 111 Å². The normalized spacial score (nSPS) is 11.7. The zero-order valence-corrected chi connectivity index (χ0v) is 11.2. The van der Waals surface area contributed by atoms with Crippen molar-refractivity contribution in [3.05, 3.63) is 29.3 Å². The first kappa shape index (κ1) is 15.0. The predicted molar refractivity (Wildman–Crippen MR) is 70.7 cm³/mol. The van der Waals surface area contributed by atoms with Crippen LogP contribution in [-0.4, -0.2) is 38.7 Å². The molecule has 1 rings (SSSR count). The summed E-state index contributed by atoms with van der Waals surface area (Å²) in [5.41, 5.74) is 7.52. The number of nitrogens with two attached hydrogens (primary N) is 1. The third-order valence-corrected chi connectivity index (χ3v) is 2.66. The minimum absolute atomic E-state index is 0.0480. The number of carbonyl (C=O) groups is 2. The van der Waals surface area contributed by atoms with E-state index in [1.54, 1.807) is 25.1 Å². The Hall–Kier alpha value is -2.08. The van der Waals surface area contributed by atoms with Gasteiger partial charge >= 0.3 is 5.97 Å². The first-order valence-corrected chi connectivity index (χ1v) is 5.73. The molecule has 0 aromatic heterocycles. The summed E-state index contributed by atoms with van der Waals surface area (Å²) in [5.74, 6) is -0.932. The minimum atomic E-state index is -0.833. The summed E-state index contributed by atoms with van der Waals surface area (Å²) in [6, 6.07) is 4.07. The van der Waals surface area contributed by atoms with Gasteiger partial charge in [0.2, 0.25) is 0 Å². The second kappa shape index (κ2) is 6.75. The van der Waals surface area contributed by atoms with Crippen molar-refractivity contribution in [2.45, 2.75) is 13.0 Å². The highest BCUT2D eigenvalue weighted by molar-refractivity contribution is 5.97. The van der Waals surface area contributed by atoms with Crippen LogP contribution in [-0.2, 0) is 14.3 Å². The molecule has 0 heterocycles. The molecule has 0 radical (unpaired) electrons. The molecule has 6 heteroatoms. The van der Waals surface area contributed by atoms with Crippen LogP contribution in [0.4, 0.5) is 5.69 Å². The molecule has 1 aromatic rings. The first-order valence-electron chi connectivity index (χ1n) is 5.73. The zero-order valence-electron chi connectivity index (χ0n) is 11.2. The molecule has 0 fully saturated rings. The van der Waals surface area contributed by atoms with Gasteiger partial charge < -0.3 is 20.5 Å². The summed E-state index contributed by atoms with van der Waals surface area (Å²) in [5, 5.41) is 2.55. The highest BCUT2D eigenvalue weighted by atomic mass is 16.5. The summed E-state index contributed by atoms with van der Waals surface area (Å²) >= 11 is 0. The van der Waals surface area contributed by atoms with E-state index in [1.807, 2.05) is 0 Å². The molecular formula is C13H18N2O4. The Morgan fingerprint density at radius 2 is 2.05 bits per heavy atom. The minimum Gasteiger partial charge on any atom is -0.467 e. The predicted octanol–water partition coefficient (Wildman–Crippen LogP) is 0.495. The lowest BCUT2D eigenvalue weighted by molar-refractivity contribution is -0.144. The van der Waals surface area contributed by atoms with Gasteiger partial charge in [-0.15, -0.1) is 0 Å². The van der Waals surface area contributed by atoms with Gasteiger partial charge in [0.15, 0.2) is 6.04 Å². The van der Waals surface area contributed by atoms with Crippen LogP contribution in [0.5, 0.6) is 0 Å². The number of anilines is 1. The van der Waals surface area contributed by atoms with Gasteiger partial charge in [-0.2, -0.15) is 0 Å². The van der Waals surface area contributed by atoms with Gasteiger partial charge in [-0.25, -0.2) is 4.79 Å². The number of benzene rings is 1. The number of carbonyl (C=O) groups excluding carboxylic acids is 2. The van der Waals surface area contributed by atoms with Crippen molar-refractivity contribution >= 4 is 17.6 Å². The number of hydrogen-bond donors (Lipinski definition) is 2. The summed E-state index contributed by atoms with van der Waals surface area (Å²) in [6.07, 6.45) is 0. The van der Waals surface area contributed by atoms with Crippen molar-refractivity contribution in [2.24, 2.45) is 0 Å². The fraction of sp³-hybridized carbons (Fsp3) is 0.385. The molecule has 104 valence electrons. The standard InChI is InChI=1S/C13H18N2O4/c1-8-6-9(4-5-10(8)14)12(16)15-11(7-18-2)13(17)19-3/h4-6,11H,7,14H2,1-3H3,(H,15,16)/t11-/m0/s1. The van der Waals surface area contributed by atoms with Crippen molar-refractivity contribution in [2.75, 3.05) is 26.6 Å². The Bertz CT molecular complexity index is 474. The van der Waals surface area contributed by atoms with Gasteiger partial charge in [0.1, 0.15) is 0 Å². The molecule has 6 nitrogen and oxygen atoms in total. The number of aryl methyl sites for hydroxylation is 1. The Kier molecular flexibility index (Phi) is 5.32. The van der Waals surface area contributed by atoms with Gasteiger partial charge in [0, 0.05) is 18.4 Å². The maximum absolute atomic E-state index is 12.0. The third kappa shape index (κ3) is 3.96. The molecule has 19 heavy (non-hydrogen) atoms. The van der Waals surface area contributed by atoms with E-state index < -0.39 is 12.0 Å². The van der Waals surface area contributed by atoms with Crippen LogP contribution in [0.25, 0.3) is 0 Å². The number of nitrogen functional groups attached to an aromatic ring is 1. The largest absolute Gasteiger partial charge is 0.467 e. The zero-order chi connectivity index (χ0) is 14.4. The van der Waals surface area contributed by atoms with Gasteiger partial charge in [-0.3, -0.25) is 4.79 Å². The Balaban J connectivity index is 2.81. The molecule has 1 atom stereocenters. The molecule has 0 saturated heterocycles. The number of ether oxygens (including phenoxy) is 2. The van der Waals surface area contributed by atoms with Gasteiger partial charge in [-0.05, 0) is 30.7 Å². The molecule has 3 N–H and O–H groups in total. The van der Waals surface area contributed by atoms with Crippen molar-refractivity contribution < 1.29 is 19.1 Å². The monoisotopic (exact) mass is 266 g/mol. The molecule has 0 unspecified atom stereocenters. The van der Waals surface area contributed by atoms with Crippen LogP contribution in [0.2, 0.25) is 0 Å². The number of methoxy groups -OCH3 is 2. The first-order chi connectivity index (χ1) is 8.99. The number of amides is 1. The second-order valence-corrected chi connectivity index (χ2v) is 4.08. The van der Waals surface area contributed by atoms with Crippen LogP contribution >= 0.6 is 0 Å². The van der Waals surface area contributed by atoms with Crippen molar-refractivity contribution in [3.63, 3.8) is 0 Å². The third-order valence-electron chi connectivity index (χ3n) is 2.66. The molecule has 0 aliphatic carbocycles. The Morgan fingerprint density at radius 3 is 2.58 bits per heavy atom. The number of rotatable bonds is 5. The number of hydrogen-bond acceptors (Lipinski definition) is 5. The van der Waals surface area contributed by atoms with Crippen LogP contribution in [0.3, 0.4) is 0 Å². The van der Waals surface area contributed by atoms with E-state index in [-0.39, 0.29) is 12.5 Å². The summed E-state index contributed by atoms with van der Waals surface area (Å²) < 4.78 is 9.46. The van der Waals surface area contributed by atoms with E-state index in [4.69, 9.17) is 10.5 Å². The van der Waals surface area contributed by atoms with Crippen molar-refractivity contribution in [1.82, 2.24) is 5.32 Å². The smallest absolute Gasteiger partial charge is 0.330 e. The molecule has 0 aliphatic rings. The fourth-order valence-corrected chi connectivity index (χ4v) is 1.54. The lowest BCUT2D eigenvalue weighted by atomic mass is 10.1. The average Bonchev–Trinajstić information content (AvgIpc) is 2.40. The topological polar surface area (TPSA) is 90.6 Å². The number of nitrogens with one attached hydrogen (secondary N) is 1. The van der Waals surface area contributed by atoms with Gasteiger partial charge in [0.05, 0.1) is 13.7 Å². The van der Waals surface area contributed by atoms with Crippen molar-refractivity contribution in [3.8, 4) is 0 Å². The van der Waals surface area contributed by atoms with Gasteiger partial charge in [0.25, 0.3) is 5.91 Å². The number of esters is 1. The molecule has 0 bridgehead atoms. The quantitative estimate of drug-likeness (QED) is 0.598. The molecule has 1 amide bonds. The van der Waals surface area contributed by atoms with E-state index in [0.29, 0.717) is 11.3 Å². The van der Waals surface area contributed by atoms with E-state index in [1.165, 1.54) is 14.2 Å². The van der Waals surface area contributed by atoms with E-state index in [0.717, 1.165) is 5.56 Å². The van der Waals surface area contributed by atoms with E-state index in [2.05, 4.69) is 10.1 Å². The highest BCUT2D eigenvalue weighted by Gasteiger charge is 2.22. The molecular weight excluding hydrogens is 248 g/mol.